The van der Waals surface area contributed by atoms with E-state index in [9.17, 15) is 4.39 Å². The van der Waals surface area contributed by atoms with Gasteiger partial charge in [0.15, 0.2) is 0 Å². The van der Waals surface area contributed by atoms with Gasteiger partial charge in [-0.3, -0.25) is 4.90 Å². The number of anilines is 1. The van der Waals surface area contributed by atoms with E-state index >= 15 is 0 Å². The molecule has 2 aliphatic rings. The van der Waals surface area contributed by atoms with Gasteiger partial charge in [0.25, 0.3) is 0 Å². The summed E-state index contributed by atoms with van der Waals surface area (Å²) in [5, 5.41) is 7.69. The maximum Gasteiger partial charge on any atom is 0.143 e. The first kappa shape index (κ1) is 19.5. The molecule has 6 heteroatoms. The molecule has 0 aromatic heterocycles. The number of piperidine rings is 1. The number of nitrogens with zero attached hydrogens (tertiary/aromatic N) is 1. The van der Waals surface area contributed by atoms with Crippen LogP contribution in [-0.4, -0.2) is 49.8 Å². The zero-order valence-corrected chi connectivity index (χ0v) is 16.9. The van der Waals surface area contributed by atoms with Crippen molar-refractivity contribution in [2.45, 2.75) is 30.9 Å². The molecule has 0 saturated carbocycles. The van der Waals surface area contributed by atoms with Gasteiger partial charge in [-0.25, -0.2) is 4.39 Å². The second-order valence-electron chi connectivity index (χ2n) is 7.90. The lowest BCUT2D eigenvalue weighted by Crippen LogP contribution is -2.55. The Kier molecular flexibility index (Phi) is 5.76. The van der Waals surface area contributed by atoms with Gasteiger partial charge in [-0.15, -0.1) is 0 Å². The molecule has 1 fully saturated rings. The van der Waals surface area contributed by atoms with Crippen molar-refractivity contribution in [2.75, 3.05) is 38.5 Å². The van der Waals surface area contributed by atoms with Crippen molar-refractivity contribution in [1.29, 1.82) is 0 Å². The molecule has 2 aromatic carbocycles. The Morgan fingerprint density at radius 2 is 1.96 bits per heavy atom. The Hall–Kier alpha value is -1.82. The lowest BCUT2D eigenvalue weighted by Gasteiger charge is -2.43. The van der Waals surface area contributed by atoms with Crippen molar-refractivity contribution in [3.05, 3.63) is 58.9 Å². The summed E-state index contributed by atoms with van der Waals surface area (Å²) in [6.45, 7) is 3.74. The molecule has 2 aromatic rings. The summed E-state index contributed by atoms with van der Waals surface area (Å²) in [6.07, 6.45) is 3.18. The SMILES string of the molecule is CNC1(Cc2ccc(F)cc2)CCN(CC2CNc3cc(Cl)ccc3O2)CC1. The number of rotatable bonds is 5. The van der Waals surface area contributed by atoms with E-state index in [4.69, 9.17) is 16.3 Å². The average molecular weight is 404 g/mol. The molecule has 150 valence electrons. The van der Waals surface area contributed by atoms with Crippen LogP contribution < -0.4 is 15.4 Å². The molecule has 28 heavy (non-hydrogen) atoms. The summed E-state index contributed by atoms with van der Waals surface area (Å²) in [4.78, 5) is 2.48. The fourth-order valence-electron chi connectivity index (χ4n) is 4.25. The highest BCUT2D eigenvalue weighted by Crippen LogP contribution is 2.32. The highest BCUT2D eigenvalue weighted by atomic mass is 35.5. The van der Waals surface area contributed by atoms with E-state index in [-0.39, 0.29) is 17.5 Å². The van der Waals surface area contributed by atoms with Crippen LogP contribution in [0.25, 0.3) is 0 Å². The smallest absolute Gasteiger partial charge is 0.143 e. The van der Waals surface area contributed by atoms with Gasteiger partial charge in [-0.2, -0.15) is 0 Å². The normalized spacial score (nSPS) is 21.5. The van der Waals surface area contributed by atoms with Crippen LogP contribution in [0, 0.1) is 5.82 Å². The minimum Gasteiger partial charge on any atom is -0.485 e. The van der Waals surface area contributed by atoms with Crippen LogP contribution in [0.4, 0.5) is 10.1 Å². The third kappa shape index (κ3) is 4.43. The molecule has 2 aliphatic heterocycles. The number of halogens is 2. The second kappa shape index (κ2) is 8.27. The van der Waals surface area contributed by atoms with E-state index in [0.29, 0.717) is 5.02 Å². The van der Waals surface area contributed by atoms with E-state index < -0.39 is 0 Å². The zero-order chi connectivity index (χ0) is 19.6. The monoisotopic (exact) mass is 403 g/mol. The average Bonchev–Trinajstić information content (AvgIpc) is 2.71. The highest BCUT2D eigenvalue weighted by Gasteiger charge is 2.34. The van der Waals surface area contributed by atoms with E-state index in [1.165, 1.54) is 5.56 Å². The number of nitrogens with one attached hydrogen (secondary N) is 2. The lowest BCUT2D eigenvalue weighted by atomic mass is 9.82. The van der Waals surface area contributed by atoms with Crippen LogP contribution in [0.15, 0.2) is 42.5 Å². The van der Waals surface area contributed by atoms with Gasteiger partial charge in [-0.1, -0.05) is 23.7 Å². The molecule has 0 amide bonds. The Morgan fingerprint density at radius 1 is 1.21 bits per heavy atom. The van der Waals surface area contributed by atoms with Gasteiger partial charge >= 0.3 is 0 Å². The molecule has 0 spiro atoms. The highest BCUT2D eigenvalue weighted by molar-refractivity contribution is 6.30. The molecule has 0 radical (unpaired) electrons. The summed E-state index contributed by atoms with van der Waals surface area (Å²) in [7, 11) is 2.04. The topological polar surface area (TPSA) is 36.5 Å². The maximum absolute atomic E-state index is 13.2. The predicted molar refractivity (Wildman–Crippen MR) is 112 cm³/mol. The lowest BCUT2D eigenvalue weighted by molar-refractivity contribution is 0.0894. The van der Waals surface area contributed by atoms with Crippen LogP contribution in [-0.2, 0) is 6.42 Å². The second-order valence-corrected chi connectivity index (χ2v) is 8.33. The van der Waals surface area contributed by atoms with Crippen molar-refractivity contribution in [3.63, 3.8) is 0 Å². The van der Waals surface area contributed by atoms with Crippen LogP contribution in [0.5, 0.6) is 5.75 Å². The summed E-state index contributed by atoms with van der Waals surface area (Å²) >= 11 is 6.05. The van der Waals surface area contributed by atoms with Gasteiger partial charge in [0.2, 0.25) is 0 Å². The maximum atomic E-state index is 13.2. The van der Waals surface area contributed by atoms with Crippen LogP contribution in [0.2, 0.25) is 5.02 Å². The van der Waals surface area contributed by atoms with Crippen LogP contribution >= 0.6 is 11.6 Å². The number of fused-ring (bicyclic) bond motifs is 1. The Labute approximate surface area is 171 Å². The van der Waals surface area contributed by atoms with Gasteiger partial charge in [0, 0.05) is 30.2 Å². The standard InChI is InChI=1S/C22H27ClFN3O/c1-25-22(13-16-2-5-18(24)6-3-16)8-10-27(11-9-22)15-19-14-26-20-12-17(23)4-7-21(20)28-19/h2-7,12,19,25-26H,8-11,13-15H2,1H3. The third-order valence-corrected chi connectivity index (χ3v) is 6.25. The summed E-state index contributed by atoms with van der Waals surface area (Å²) in [5.74, 6) is 0.695. The first-order chi connectivity index (χ1) is 13.5. The number of hydrogen-bond acceptors (Lipinski definition) is 4. The number of hydrogen-bond donors (Lipinski definition) is 2. The molecule has 2 heterocycles. The van der Waals surface area contributed by atoms with Crippen molar-refractivity contribution >= 4 is 17.3 Å². The molecule has 0 bridgehead atoms. The van der Waals surface area contributed by atoms with E-state index in [0.717, 1.165) is 56.9 Å². The number of benzene rings is 2. The van der Waals surface area contributed by atoms with Crippen molar-refractivity contribution in [2.24, 2.45) is 0 Å². The van der Waals surface area contributed by atoms with Crippen LogP contribution in [0.3, 0.4) is 0 Å². The molecule has 4 rings (SSSR count). The van der Waals surface area contributed by atoms with Gasteiger partial charge in [0.05, 0.1) is 12.2 Å². The first-order valence-electron chi connectivity index (χ1n) is 9.91. The Balaban J connectivity index is 1.32. The fourth-order valence-corrected chi connectivity index (χ4v) is 4.42. The van der Waals surface area contributed by atoms with Crippen molar-refractivity contribution in [1.82, 2.24) is 10.2 Å². The molecular formula is C22H27ClFN3O. The molecule has 2 N–H and O–H groups in total. The predicted octanol–water partition coefficient (Wildman–Crippen LogP) is 3.95. The van der Waals surface area contributed by atoms with Gasteiger partial charge in [0.1, 0.15) is 17.7 Å². The van der Waals surface area contributed by atoms with E-state index in [1.54, 1.807) is 12.1 Å². The van der Waals surface area contributed by atoms with E-state index in [1.807, 2.05) is 37.4 Å². The number of likely N-dealkylation sites (N-methyl/N-ethyl adjacent to an activating group) is 1. The van der Waals surface area contributed by atoms with Crippen molar-refractivity contribution < 1.29 is 9.13 Å². The molecule has 4 nitrogen and oxygen atoms in total. The summed E-state index contributed by atoms with van der Waals surface area (Å²) in [6, 6.07) is 12.6. The van der Waals surface area contributed by atoms with Crippen LogP contribution in [0.1, 0.15) is 18.4 Å². The zero-order valence-electron chi connectivity index (χ0n) is 16.2. The fraction of sp³-hybridized carbons (Fsp3) is 0.455. The molecule has 1 unspecified atom stereocenters. The van der Waals surface area contributed by atoms with E-state index in [2.05, 4.69) is 15.5 Å². The minimum atomic E-state index is -0.179. The third-order valence-electron chi connectivity index (χ3n) is 6.02. The van der Waals surface area contributed by atoms with Gasteiger partial charge < -0.3 is 15.4 Å². The van der Waals surface area contributed by atoms with Gasteiger partial charge in [-0.05, 0) is 62.2 Å². The first-order valence-corrected chi connectivity index (χ1v) is 10.3. The molecule has 1 saturated heterocycles. The van der Waals surface area contributed by atoms with Crippen molar-refractivity contribution in [3.8, 4) is 5.75 Å². The summed E-state index contributed by atoms with van der Waals surface area (Å²) < 4.78 is 19.3. The Morgan fingerprint density at radius 3 is 2.68 bits per heavy atom. The quantitative estimate of drug-likeness (QED) is 0.792. The Bertz CT molecular complexity index is 806. The summed E-state index contributed by atoms with van der Waals surface area (Å²) in [5.41, 5.74) is 2.22. The number of ether oxygens (including phenoxy) is 1. The molecule has 0 aliphatic carbocycles. The molecular weight excluding hydrogens is 377 g/mol. The minimum absolute atomic E-state index is 0.0728. The largest absolute Gasteiger partial charge is 0.485 e. The number of likely N-dealkylation sites (tertiary alicyclic amines) is 1. The molecule has 1 atom stereocenters.